The molecule has 0 aliphatic carbocycles. The molecular formula is C15H23N3O3. The molecule has 21 heavy (non-hydrogen) atoms. The maximum absolute atomic E-state index is 11.7. The molecule has 0 saturated heterocycles. The molecule has 0 fully saturated rings. The minimum atomic E-state index is -0.218. The summed E-state index contributed by atoms with van der Waals surface area (Å²) in [6.45, 7) is 2.62. The van der Waals surface area contributed by atoms with Crippen LogP contribution in [0.4, 0.5) is 11.4 Å². The minimum Gasteiger partial charge on any atom is -0.375 e. The molecule has 0 aliphatic rings. The number of anilines is 2. The van der Waals surface area contributed by atoms with Gasteiger partial charge in [0.05, 0.1) is 0 Å². The summed E-state index contributed by atoms with van der Waals surface area (Å²) in [6, 6.07) is 6.94. The van der Waals surface area contributed by atoms with E-state index in [1.54, 1.807) is 24.3 Å². The molecule has 0 radical (unpaired) electrons. The van der Waals surface area contributed by atoms with E-state index >= 15 is 0 Å². The Morgan fingerprint density at radius 1 is 1.14 bits per heavy atom. The Bertz CT molecular complexity index is 460. The zero-order chi connectivity index (χ0) is 15.7. The number of nitrogens with one attached hydrogen (secondary N) is 2. The Kier molecular flexibility index (Phi) is 7.42. The second-order valence-electron chi connectivity index (χ2n) is 4.99. The van der Waals surface area contributed by atoms with Crippen LogP contribution >= 0.6 is 0 Å². The van der Waals surface area contributed by atoms with Gasteiger partial charge in [0.1, 0.15) is 6.61 Å². The second kappa shape index (κ2) is 9.10. The molecule has 4 N–H and O–H groups in total. The fraction of sp³-hybridized carbons (Fsp3) is 0.467. The quantitative estimate of drug-likeness (QED) is 0.678. The summed E-state index contributed by atoms with van der Waals surface area (Å²) in [5.41, 5.74) is 6.87. The van der Waals surface area contributed by atoms with Gasteiger partial charge in [0.2, 0.25) is 11.8 Å². The summed E-state index contributed by atoms with van der Waals surface area (Å²) in [7, 11) is 1.46. The van der Waals surface area contributed by atoms with Crippen molar-refractivity contribution >= 4 is 23.2 Å². The molecule has 0 bridgehead atoms. The molecule has 6 heteroatoms. The van der Waals surface area contributed by atoms with Gasteiger partial charge in [0.15, 0.2) is 0 Å². The Hall–Kier alpha value is -1.92. The van der Waals surface area contributed by atoms with Crippen molar-refractivity contribution in [2.45, 2.75) is 19.8 Å². The molecule has 0 spiro atoms. The number of benzene rings is 1. The largest absolute Gasteiger partial charge is 0.375 e. The molecule has 116 valence electrons. The van der Waals surface area contributed by atoms with Gasteiger partial charge in [-0.3, -0.25) is 9.59 Å². The number of amides is 2. The summed E-state index contributed by atoms with van der Waals surface area (Å²) < 4.78 is 4.73. The standard InChI is InChI=1S/C15H23N3O3/c1-11(9-16)3-8-14(19)17-12-4-6-13(7-5-12)18-15(20)10-21-2/h4-7,11H,3,8-10,16H2,1-2H3,(H,17,19)(H,18,20). The summed E-state index contributed by atoms with van der Waals surface area (Å²) in [4.78, 5) is 23.1. The molecule has 6 nitrogen and oxygen atoms in total. The summed E-state index contributed by atoms with van der Waals surface area (Å²) in [5, 5.41) is 5.49. The van der Waals surface area contributed by atoms with Gasteiger partial charge < -0.3 is 21.1 Å². The molecule has 0 aliphatic heterocycles. The molecule has 2 amide bonds. The van der Waals surface area contributed by atoms with E-state index < -0.39 is 0 Å². The lowest BCUT2D eigenvalue weighted by molar-refractivity contribution is -0.119. The van der Waals surface area contributed by atoms with Crippen molar-refractivity contribution in [3.63, 3.8) is 0 Å². The topological polar surface area (TPSA) is 93.5 Å². The van der Waals surface area contributed by atoms with Crippen LogP contribution in [0.1, 0.15) is 19.8 Å². The van der Waals surface area contributed by atoms with Crippen LogP contribution in [0.15, 0.2) is 24.3 Å². The Labute approximate surface area is 125 Å². The number of ether oxygens (including phenoxy) is 1. The molecule has 1 aromatic rings. The Morgan fingerprint density at radius 2 is 1.67 bits per heavy atom. The van der Waals surface area contributed by atoms with Crippen LogP contribution in [0.5, 0.6) is 0 Å². The Balaban J connectivity index is 2.43. The van der Waals surface area contributed by atoms with Crippen molar-refractivity contribution < 1.29 is 14.3 Å². The molecule has 1 unspecified atom stereocenters. The van der Waals surface area contributed by atoms with Crippen LogP contribution in [-0.4, -0.2) is 32.1 Å². The fourth-order valence-electron chi connectivity index (χ4n) is 1.68. The number of rotatable bonds is 8. The van der Waals surface area contributed by atoms with Crippen LogP contribution in [-0.2, 0) is 14.3 Å². The highest BCUT2D eigenvalue weighted by Gasteiger charge is 2.06. The zero-order valence-electron chi connectivity index (χ0n) is 12.5. The first-order valence-electron chi connectivity index (χ1n) is 6.94. The third-order valence-electron chi connectivity index (χ3n) is 2.99. The molecule has 1 rings (SSSR count). The van der Waals surface area contributed by atoms with E-state index in [1.165, 1.54) is 7.11 Å². The highest BCUT2D eigenvalue weighted by molar-refractivity contribution is 5.93. The van der Waals surface area contributed by atoms with Gasteiger partial charge in [0.25, 0.3) is 0 Å². The third kappa shape index (κ3) is 6.87. The molecular weight excluding hydrogens is 270 g/mol. The summed E-state index contributed by atoms with van der Waals surface area (Å²) in [5.74, 6) is 0.0886. The van der Waals surface area contributed by atoms with E-state index in [4.69, 9.17) is 10.5 Å². The summed E-state index contributed by atoms with van der Waals surface area (Å²) >= 11 is 0. The molecule has 1 aromatic carbocycles. The van der Waals surface area contributed by atoms with E-state index in [1.807, 2.05) is 6.92 Å². The van der Waals surface area contributed by atoms with Gasteiger partial charge >= 0.3 is 0 Å². The monoisotopic (exact) mass is 293 g/mol. The predicted octanol–water partition coefficient (Wildman–Crippen LogP) is 1.58. The number of carbonyl (C=O) groups excluding carboxylic acids is 2. The number of hydrogen-bond donors (Lipinski definition) is 3. The van der Waals surface area contributed by atoms with Crippen LogP contribution in [0.2, 0.25) is 0 Å². The summed E-state index contributed by atoms with van der Waals surface area (Å²) in [6.07, 6.45) is 1.22. The van der Waals surface area contributed by atoms with E-state index in [-0.39, 0.29) is 18.4 Å². The van der Waals surface area contributed by atoms with Crippen molar-refractivity contribution in [2.24, 2.45) is 11.7 Å². The van der Waals surface area contributed by atoms with Crippen molar-refractivity contribution in [3.05, 3.63) is 24.3 Å². The normalized spacial score (nSPS) is 11.8. The van der Waals surface area contributed by atoms with E-state index in [9.17, 15) is 9.59 Å². The van der Waals surface area contributed by atoms with Crippen LogP contribution in [0.3, 0.4) is 0 Å². The third-order valence-corrected chi connectivity index (χ3v) is 2.99. The average Bonchev–Trinajstić information content (AvgIpc) is 2.47. The van der Waals surface area contributed by atoms with Crippen molar-refractivity contribution in [3.8, 4) is 0 Å². The van der Waals surface area contributed by atoms with Crippen LogP contribution < -0.4 is 16.4 Å². The van der Waals surface area contributed by atoms with E-state index in [2.05, 4.69) is 10.6 Å². The number of carbonyl (C=O) groups is 2. The number of methoxy groups -OCH3 is 1. The number of hydrogen-bond acceptors (Lipinski definition) is 4. The lowest BCUT2D eigenvalue weighted by atomic mass is 10.1. The van der Waals surface area contributed by atoms with E-state index in [0.717, 1.165) is 6.42 Å². The molecule has 0 aromatic heterocycles. The highest BCUT2D eigenvalue weighted by atomic mass is 16.5. The van der Waals surface area contributed by atoms with Crippen molar-refractivity contribution in [1.82, 2.24) is 0 Å². The maximum Gasteiger partial charge on any atom is 0.250 e. The lowest BCUT2D eigenvalue weighted by Crippen LogP contribution is -2.17. The second-order valence-corrected chi connectivity index (χ2v) is 4.99. The van der Waals surface area contributed by atoms with Gasteiger partial charge in [-0.2, -0.15) is 0 Å². The first-order valence-corrected chi connectivity index (χ1v) is 6.94. The van der Waals surface area contributed by atoms with Crippen LogP contribution in [0, 0.1) is 5.92 Å². The highest BCUT2D eigenvalue weighted by Crippen LogP contribution is 2.14. The van der Waals surface area contributed by atoms with Gasteiger partial charge in [-0.25, -0.2) is 0 Å². The minimum absolute atomic E-state index is 0.0117. The molecule has 0 saturated carbocycles. The first kappa shape index (κ1) is 17.1. The average molecular weight is 293 g/mol. The first-order chi connectivity index (χ1) is 10.0. The zero-order valence-corrected chi connectivity index (χ0v) is 12.5. The van der Waals surface area contributed by atoms with Gasteiger partial charge in [-0.15, -0.1) is 0 Å². The fourth-order valence-corrected chi connectivity index (χ4v) is 1.68. The molecule has 0 heterocycles. The Morgan fingerprint density at radius 3 is 2.14 bits per heavy atom. The van der Waals surface area contributed by atoms with Gasteiger partial charge in [0, 0.05) is 24.9 Å². The van der Waals surface area contributed by atoms with Gasteiger partial charge in [-0.05, 0) is 43.1 Å². The SMILES string of the molecule is COCC(=O)Nc1ccc(NC(=O)CCC(C)CN)cc1. The van der Waals surface area contributed by atoms with Crippen molar-refractivity contribution in [1.29, 1.82) is 0 Å². The number of nitrogens with two attached hydrogens (primary N) is 1. The van der Waals surface area contributed by atoms with Crippen molar-refractivity contribution in [2.75, 3.05) is 30.9 Å². The van der Waals surface area contributed by atoms with Gasteiger partial charge in [-0.1, -0.05) is 6.92 Å². The maximum atomic E-state index is 11.7. The van der Waals surface area contributed by atoms with E-state index in [0.29, 0.717) is 30.3 Å². The molecule has 1 atom stereocenters. The van der Waals surface area contributed by atoms with Crippen LogP contribution in [0.25, 0.3) is 0 Å². The smallest absolute Gasteiger partial charge is 0.250 e. The lowest BCUT2D eigenvalue weighted by Gasteiger charge is -2.09. The predicted molar refractivity (Wildman–Crippen MR) is 83.0 cm³/mol.